The molecular formula is C50H52Cl2SiZr-2. The molecule has 0 saturated heterocycles. The molecule has 54 heavy (non-hydrogen) atoms. The summed E-state index contributed by atoms with van der Waals surface area (Å²) in [6, 6.07) is 53.5. The fraction of sp³-hybridized carbons (Fsp3) is 0.240. The van der Waals surface area contributed by atoms with Gasteiger partial charge in [0.25, 0.3) is 0 Å². The molecule has 0 aliphatic heterocycles. The van der Waals surface area contributed by atoms with Gasteiger partial charge in [0.05, 0.1) is 0 Å². The molecular weight excluding hydrogens is 791 g/mol. The molecule has 8 aromatic carbocycles. The average molecular weight is 843 g/mol. The van der Waals surface area contributed by atoms with E-state index in [1.165, 1.54) is 128 Å². The third-order valence-electron chi connectivity index (χ3n) is 10.3. The van der Waals surface area contributed by atoms with Crippen LogP contribution in [0.4, 0.5) is 0 Å². The molecule has 0 atom stereocenters. The van der Waals surface area contributed by atoms with E-state index in [-0.39, 0.29) is 5.43 Å². The van der Waals surface area contributed by atoms with Crippen molar-refractivity contribution in [2.24, 2.45) is 0 Å². The van der Waals surface area contributed by atoms with Gasteiger partial charge in [-0.3, -0.25) is 0 Å². The van der Waals surface area contributed by atoms with E-state index >= 15 is 0 Å². The molecule has 0 nitrogen and oxygen atoms in total. The number of benzene rings is 6. The first-order valence-electron chi connectivity index (χ1n) is 19.7. The molecule has 8 rings (SSSR count). The van der Waals surface area contributed by atoms with E-state index in [2.05, 4.69) is 173 Å². The molecule has 4 heteroatoms. The van der Waals surface area contributed by atoms with Crippen LogP contribution in [0.3, 0.4) is 0 Å². The van der Waals surface area contributed by atoms with Crippen molar-refractivity contribution >= 4 is 65.5 Å². The van der Waals surface area contributed by atoms with Gasteiger partial charge in [-0.05, 0) is 45.5 Å². The van der Waals surface area contributed by atoms with Crippen molar-refractivity contribution in [2.45, 2.75) is 78.3 Å². The summed E-state index contributed by atoms with van der Waals surface area (Å²) in [7, 11) is 11.2. The summed E-state index contributed by atoms with van der Waals surface area (Å²) in [6.07, 6.45) is 10.2. The summed E-state index contributed by atoms with van der Waals surface area (Å²) < 4.78 is 0. The van der Waals surface area contributed by atoms with Crippen LogP contribution in [-0.4, -0.2) is 5.43 Å². The van der Waals surface area contributed by atoms with Crippen molar-refractivity contribution < 1.29 is 18.0 Å². The van der Waals surface area contributed by atoms with Crippen molar-refractivity contribution in [3.05, 3.63) is 157 Å². The summed E-state index contributed by atoms with van der Waals surface area (Å²) in [5.74, 6) is 0. The van der Waals surface area contributed by atoms with Gasteiger partial charge in [0.2, 0.25) is 0 Å². The second kappa shape index (κ2) is 20.1. The molecule has 0 spiro atoms. The van der Waals surface area contributed by atoms with Gasteiger partial charge >= 0.3 is 53.5 Å². The van der Waals surface area contributed by atoms with Gasteiger partial charge in [-0.1, -0.05) is 161 Å². The molecule has 0 unspecified atom stereocenters. The number of hydrogen-bond acceptors (Lipinski definition) is 0. The Bertz CT molecular complexity index is 2290. The van der Waals surface area contributed by atoms with E-state index in [1.54, 1.807) is 0 Å². The summed E-state index contributed by atoms with van der Waals surface area (Å²) in [5, 5.41) is 10.8. The fourth-order valence-electron chi connectivity index (χ4n) is 7.43. The molecule has 0 saturated carbocycles. The third-order valence-corrected chi connectivity index (χ3v) is 30.0. The van der Waals surface area contributed by atoms with Crippen LogP contribution in [0.1, 0.15) is 63.5 Å². The second-order valence-electron chi connectivity index (χ2n) is 14.6. The van der Waals surface area contributed by atoms with Crippen molar-refractivity contribution in [2.75, 3.05) is 0 Å². The normalized spacial score (nSPS) is 11.0. The van der Waals surface area contributed by atoms with Crippen LogP contribution in [0.25, 0.3) is 65.3 Å². The van der Waals surface area contributed by atoms with Crippen molar-refractivity contribution in [3.63, 3.8) is 0 Å². The maximum absolute atomic E-state index is 5.62. The summed E-state index contributed by atoms with van der Waals surface area (Å²) in [6.45, 7) is 8.86. The van der Waals surface area contributed by atoms with E-state index in [4.69, 9.17) is 17.0 Å². The fourth-order valence-corrected chi connectivity index (χ4v) is 7.43. The minimum atomic E-state index is -1.65. The van der Waals surface area contributed by atoms with Crippen molar-refractivity contribution in [3.8, 4) is 22.3 Å². The van der Waals surface area contributed by atoms with Gasteiger partial charge in [0.15, 0.2) is 0 Å². The van der Waals surface area contributed by atoms with Gasteiger partial charge < -0.3 is 0 Å². The molecule has 0 aromatic heterocycles. The van der Waals surface area contributed by atoms with Crippen LogP contribution >= 0.6 is 17.0 Å². The SMILES string of the molecule is CCCCCc1cc2c(-c3cccc4ccccc34)cccc2[cH-]1.CCCCCc1cc2c(-c3cccc4ccccc34)cccc2[cH-]1.C[Si](C)=[Zr]([Cl])[Cl]. The monoisotopic (exact) mass is 840 g/mol. The average Bonchev–Trinajstić information content (AvgIpc) is 3.82. The molecule has 0 bridgehead atoms. The van der Waals surface area contributed by atoms with Crippen LogP contribution in [0.5, 0.6) is 0 Å². The number of unbranched alkanes of at least 4 members (excludes halogenated alkanes) is 4. The number of rotatable bonds is 10. The van der Waals surface area contributed by atoms with E-state index < -0.39 is 18.0 Å². The van der Waals surface area contributed by atoms with Crippen molar-refractivity contribution in [1.29, 1.82) is 0 Å². The van der Waals surface area contributed by atoms with Crippen LogP contribution in [0.15, 0.2) is 146 Å². The Labute approximate surface area is 338 Å². The van der Waals surface area contributed by atoms with Gasteiger partial charge in [-0.25, -0.2) is 0 Å². The van der Waals surface area contributed by atoms with Crippen LogP contribution in [0, 0.1) is 0 Å². The van der Waals surface area contributed by atoms with Gasteiger partial charge in [0.1, 0.15) is 0 Å². The number of aryl methyl sites for hydroxylation is 2. The molecule has 0 heterocycles. The maximum atomic E-state index is 5.62. The first-order chi connectivity index (χ1) is 26.4. The number of fused-ring (bicyclic) bond motifs is 4. The zero-order valence-electron chi connectivity index (χ0n) is 32.3. The van der Waals surface area contributed by atoms with E-state index in [9.17, 15) is 0 Å². The first kappa shape index (κ1) is 40.4. The standard InChI is InChI=1S/2C24H23.C2H6Si.2ClH.Zr/c2*1-2-3-4-9-18-16-20-12-8-15-23(24(20)17-18)22-14-7-11-19-10-5-6-13-21(19)22;1-3-2;;;/h2*5-8,10-17H,2-4,9H2,1H3;1-2H3;2*1H;/q2*-1;;;;+2/p-2. The summed E-state index contributed by atoms with van der Waals surface area (Å²) in [4.78, 5) is 0. The Hall–Kier alpha value is -3.26. The predicted octanol–water partition coefficient (Wildman–Crippen LogP) is 16.4. The summed E-state index contributed by atoms with van der Waals surface area (Å²) in [5.41, 5.74) is 8.11. The Kier molecular flexibility index (Phi) is 15.0. The number of halogens is 2. The molecule has 0 N–H and O–H groups in total. The minimum absolute atomic E-state index is 0.224. The molecule has 0 radical (unpaired) electrons. The molecule has 0 aliphatic rings. The Morgan fingerprint density at radius 2 is 0.815 bits per heavy atom. The van der Waals surface area contributed by atoms with E-state index in [0.717, 1.165) is 0 Å². The topological polar surface area (TPSA) is 0 Å². The molecule has 276 valence electrons. The molecule has 8 aromatic rings. The van der Waals surface area contributed by atoms with Crippen molar-refractivity contribution in [1.82, 2.24) is 0 Å². The first-order valence-corrected chi connectivity index (χ1v) is 32.2. The zero-order chi connectivity index (χ0) is 37.9. The van der Waals surface area contributed by atoms with Gasteiger partial charge in [-0.2, -0.15) is 12.1 Å². The third kappa shape index (κ3) is 10.1. The molecule has 0 aliphatic carbocycles. The van der Waals surface area contributed by atoms with E-state index in [0.29, 0.717) is 0 Å². The Morgan fingerprint density at radius 1 is 0.463 bits per heavy atom. The zero-order valence-corrected chi connectivity index (χ0v) is 37.2. The predicted molar refractivity (Wildman–Crippen MR) is 241 cm³/mol. The van der Waals surface area contributed by atoms with Crippen LogP contribution in [0.2, 0.25) is 13.1 Å². The van der Waals surface area contributed by atoms with E-state index in [1.807, 2.05) is 0 Å². The number of hydrogen-bond donors (Lipinski definition) is 0. The quantitative estimate of drug-likeness (QED) is 0.0731. The Balaban J connectivity index is 0.000000160. The molecule has 0 fully saturated rings. The van der Waals surface area contributed by atoms with Crippen LogP contribution < -0.4 is 0 Å². The molecule has 0 amide bonds. The van der Waals surface area contributed by atoms with Gasteiger partial charge in [-0.15, -0.1) is 69.1 Å². The van der Waals surface area contributed by atoms with Gasteiger partial charge in [0, 0.05) is 0 Å². The van der Waals surface area contributed by atoms with Crippen LogP contribution in [-0.2, 0) is 30.8 Å². The summed E-state index contributed by atoms with van der Waals surface area (Å²) >= 11 is -1.65. The second-order valence-corrected chi connectivity index (χ2v) is 37.6. The Morgan fingerprint density at radius 3 is 1.20 bits per heavy atom.